The number of amides is 1. The van der Waals surface area contributed by atoms with E-state index in [1.54, 1.807) is 6.92 Å². The lowest BCUT2D eigenvalue weighted by atomic mass is 10.3. The van der Waals surface area contributed by atoms with E-state index in [0.29, 0.717) is 11.4 Å². The van der Waals surface area contributed by atoms with Crippen LogP contribution in [-0.4, -0.2) is 30.9 Å². The molecule has 2 rings (SSSR count). The fourth-order valence-electron chi connectivity index (χ4n) is 1.60. The van der Waals surface area contributed by atoms with Gasteiger partial charge in [0.05, 0.1) is 17.2 Å². The molecule has 0 aliphatic heterocycles. The summed E-state index contributed by atoms with van der Waals surface area (Å²) in [6, 6.07) is 5.49. The fraction of sp³-hybridized carbons (Fsp3) is 0.250. The van der Waals surface area contributed by atoms with Crippen LogP contribution in [0.1, 0.15) is 18.7 Å². The second-order valence-corrected chi connectivity index (χ2v) is 4.37. The van der Waals surface area contributed by atoms with Gasteiger partial charge in [0, 0.05) is 17.8 Å². The third-order valence-corrected chi connectivity index (χ3v) is 2.65. The largest absolute Gasteiger partial charge is 0.387 e. The Hall–Kier alpha value is -2.81. The molecule has 0 spiro atoms. The lowest BCUT2D eigenvalue weighted by molar-refractivity contribution is -0.384. The molecular formula is C12H13N5O4. The van der Waals surface area contributed by atoms with E-state index in [2.05, 4.69) is 15.6 Å². The zero-order valence-corrected chi connectivity index (χ0v) is 11.1. The van der Waals surface area contributed by atoms with Crippen molar-refractivity contribution in [1.29, 1.82) is 0 Å². The van der Waals surface area contributed by atoms with E-state index in [0.717, 1.165) is 0 Å². The summed E-state index contributed by atoms with van der Waals surface area (Å²) in [6.45, 7) is 1.47. The highest BCUT2D eigenvalue weighted by Gasteiger charge is 2.10. The average molecular weight is 291 g/mol. The van der Waals surface area contributed by atoms with Crippen LogP contribution in [0.25, 0.3) is 0 Å². The predicted molar refractivity (Wildman–Crippen MR) is 72.4 cm³/mol. The minimum atomic E-state index is -0.753. The third-order valence-electron chi connectivity index (χ3n) is 2.65. The van der Waals surface area contributed by atoms with Crippen LogP contribution in [0.2, 0.25) is 0 Å². The summed E-state index contributed by atoms with van der Waals surface area (Å²) < 4.78 is 1.29. The van der Waals surface area contributed by atoms with Crippen molar-refractivity contribution in [1.82, 2.24) is 15.0 Å². The van der Waals surface area contributed by atoms with Gasteiger partial charge < -0.3 is 10.4 Å². The molecule has 0 bridgehead atoms. The molecule has 0 aliphatic carbocycles. The van der Waals surface area contributed by atoms with Crippen LogP contribution in [0.15, 0.2) is 30.5 Å². The molecule has 1 aromatic heterocycles. The molecule has 0 fully saturated rings. The summed E-state index contributed by atoms with van der Waals surface area (Å²) in [7, 11) is 0. The van der Waals surface area contributed by atoms with Crippen LogP contribution in [0, 0.1) is 10.1 Å². The zero-order valence-electron chi connectivity index (χ0n) is 11.1. The first-order valence-electron chi connectivity index (χ1n) is 6.08. The van der Waals surface area contributed by atoms with Crippen molar-refractivity contribution in [3.8, 4) is 0 Å². The van der Waals surface area contributed by atoms with Crippen LogP contribution in [0.5, 0.6) is 0 Å². The van der Waals surface area contributed by atoms with Gasteiger partial charge in [0.25, 0.3) is 5.69 Å². The van der Waals surface area contributed by atoms with E-state index in [9.17, 15) is 20.0 Å². The van der Waals surface area contributed by atoms with Crippen LogP contribution in [-0.2, 0) is 11.3 Å². The minimum Gasteiger partial charge on any atom is -0.387 e. The van der Waals surface area contributed by atoms with Crippen LogP contribution in [0.3, 0.4) is 0 Å². The van der Waals surface area contributed by atoms with E-state index in [-0.39, 0.29) is 18.1 Å². The van der Waals surface area contributed by atoms with Gasteiger partial charge in [-0.1, -0.05) is 5.21 Å². The number of nitro groups is 1. The van der Waals surface area contributed by atoms with Crippen molar-refractivity contribution in [2.75, 3.05) is 5.32 Å². The highest BCUT2D eigenvalue weighted by Crippen LogP contribution is 2.15. The molecule has 0 aliphatic rings. The summed E-state index contributed by atoms with van der Waals surface area (Å²) >= 11 is 0. The molecule has 2 N–H and O–H groups in total. The summed E-state index contributed by atoms with van der Waals surface area (Å²) in [6.07, 6.45) is 0.719. The summed E-state index contributed by atoms with van der Waals surface area (Å²) in [4.78, 5) is 21.8. The quantitative estimate of drug-likeness (QED) is 0.622. The molecule has 110 valence electrons. The molecular weight excluding hydrogens is 278 g/mol. The van der Waals surface area contributed by atoms with E-state index in [4.69, 9.17) is 0 Å². The van der Waals surface area contributed by atoms with Gasteiger partial charge in [0.15, 0.2) is 0 Å². The molecule has 0 radical (unpaired) electrons. The molecule has 1 aromatic carbocycles. The Morgan fingerprint density at radius 1 is 1.48 bits per heavy atom. The number of nitrogens with one attached hydrogen (secondary N) is 1. The summed E-state index contributed by atoms with van der Waals surface area (Å²) in [5.74, 6) is -0.356. The number of carbonyl (C=O) groups is 1. The number of benzene rings is 1. The molecule has 1 heterocycles. The van der Waals surface area contributed by atoms with Crippen molar-refractivity contribution in [3.05, 3.63) is 46.3 Å². The summed E-state index contributed by atoms with van der Waals surface area (Å²) in [5, 5.41) is 29.8. The standard InChI is InChI=1S/C12H13N5O4/c1-8(18)11-6-16(15-14-11)7-12(19)13-9-2-4-10(5-3-9)17(20)21/h2-6,8,18H,7H2,1H3,(H,13,19). The minimum absolute atomic E-state index is 0.0501. The number of aliphatic hydroxyl groups excluding tert-OH is 1. The number of carbonyl (C=O) groups excluding carboxylic acids is 1. The second-order valence-electron chi connectivity index (χ2n) is 4.37. The SMILES string of the molecule is CC(O)c1cn(CC(=O)Nc2ccc([N+](=O)[O-])cc2)nn1. The van der Waals surface area contributed by atoms with Crippen LogP contribution in [0.4, 0.5) is 11.4 Å². The first kappa shape index (κ1) is 14.6. The number of nitro benzene ring substituents is 1. The molecule has 0 saturated carbocycles. The number of rotatable bonds is 5. The van der Waals surface area contributed by atoms with Gasteiger partial charge in [-0.05, 0) is 19.1 Å². The fourth-order valence-corrected chi connectivity index (χ4v) is 1.60. The van der Waals surface area contributed by atoms with Gasteiger partial charge in [-0.25, -0.2) is 4.68 Å². The van der Waals surface area contributed by atoms with E-state index in [1.165, 1.54) is 35.1 Å². The molecule has 1 atom stereocenters. The Morgan fingerprint density at radius 2 is 2.14 bits per heavy atom. The highest BCUT2D eigenvalue weighted by atomic mass is 16.6. The Morgan fingerprint density at radius 3 is 2.67 bits per heavy atom. The van der Waals surface area contributed by atoms with Crippen LogP contribution < -0.4 is 5.32 Å². The Balaban J connectivity index is 1.96. The smallest absolute Gasteiger partial charge is 0.269 e. The molecule has 0 saturated heterocycles. The Labute approximate surface area is 119 Å². The predicted octanol–water partition coefficient (Wildman–Crippen LogP) is 0.878. The zero-order chi connectivity index (χ0) is 15.4. The molecule has 9 heteroatoms. The Kier molecular flexibility index (Phi) is 4.24. The lowest BCUT2D eigenvalue weighted by Gasteiger charge is -2.04. The maximum Gasteiger partial charge on any atom is 0.269 e. The Bertz CT molecular complexity index is 650. The molecule has 9 nitrogen and oxygen atoms in total. The first-order chi connectivity index (χ1) is 9.95. The van der Waals surface area contributed by atoms with Gasteiger partial charge in [-0.3, -0.25) is 14.9 Å². The van der Waals surface area contributed by atoms with Gasteiger partial charge in [0.1, 0.15) is 12.2 Å². The van der Waals surface area contributed by atoms with Gasteiger partial charge >= 0.3 is 0 Å². The number of aromatic nitrogens is 3. The summed E-state index contributed by atoms with van der Waals surface area (Å²) in [5.41, 5.74) is 0.769. The van der Waals surface area contributed by atoms with Crippen LogP contribution >= 0.6 is 0 Å². The van der Waals surface area contributed by atoms with Gasteiger partial charge in [-0.2, -0.15) is 0 Å². The van der Waals surface area contributed by atoms with Crippen molar-refractivity contribution in [2.24, 2.45) is 0 Å². The van der Waals surface area contributed by atoms with E-state index >= 15 is 0 Å². The van der Waals surface area contributed by atoms with Gasteiger partial charge in [-0.15, -0.1) is 5.10 Å². The number of hydrogen-bond acceptors (Lipinski definition) is 6. The maximum atomic E-state index is 11.8. The van der Waals surface area contributed by atoms with Crippen molar-refractivity contribution >= 4 is 17.3 Å². The van der Waals surface area contributed by atoms with Crippen molar-refractivity contribution < 1.29 is 14.8 Å². The first-order valence-corrected chi connectivity index (χ1v) is 6.08. The molecule has 1 unspecified atom stereocenters. The number of non-ortho nitro benzene ring substituents is 1. The van der Waals surface area contributed by atoms with Gasteiger partial charge in [0.2, 0.25) is 5.91 Å². The average Bonchev–Trinajstić information content (AvgIpc) is 2.87. The normalized spacial score (nSPS) is 11.9. The monoisotopic (exact) mass is 291 g/mol. The maximum absolute atomic E-state index is 11.8. The lowest BCUT2D eigenvalue weighted by Crippen LogP contribution is -2.19. The van der Waals surface area contributed by atoms with E-state index in [1.807, 2.05) is 0 Å². The topological polar surface area (TPSA) is 123 Å². The number of nitrogens with zero attached hydrogens (tertiary/aromatic N) is 4. The molecule has 21 heavy (non-hydrogen) atoms. The molecule has 2 aromatic rings. The number of aliphatic hydroxyl groups is 1. The van der Waals surface area contributed by atoms with E-state index < -0.39 is 11.0 Å². The number of hydrogen-bond donors (Lipinski definition) is 2. The van der Waals surface area contributed by atoms with Crippen molar-refractivity contribution in [2.45, 2.75) is 19.6 Å². The number of anilines is 1. The van der Waals surface area contributed by atoms with Crippen molar-refractivity contribution in [3.63, 3.8) is 0 Å². The molecule has 1 amide bonds. The highest BCUT2D eigenvalue weighted by molar-refractivity contribution is 5.90. The third kappa shape index (κ3) is 3.83. The second kappa shape index (κ2) is 6.09.